The lowest BCUT2D eigenvalue weighted by atomic mass is 10.1. The molecule has 0 atom stereocenters. The van der Waals surface area contributed by atoms with Crippen LogP contribution in [0.3, 0.4) is 0 Å². The van der Waals surface area contributed by atoms with Crippen LogP contribution in [0.2, 0.25) is 0 Å². The van der Waals surface area contributed by atoms with Crippen LogP contribution in [0.25, 0.3) is 0 Å². The summed E-state index contributed by atoms with van der Waals surface area (Å²) in [5.74, 6) is 0. The fraction of sp³-hybridized carbons (Fsp3) is 0.429. The minimum Gasteiger partial charge on any atom is -0.359 e. The Morgan fingerprint density at radius 1 is 1.40 bits per heavy atom. The van der Waals surface area contributed by atoms with E-state index < -0.39 is 0 Å². The molecule has 0 spiro atoms. The monoisotopic (exact) mass is 205 g/mol. The fourth-order valence-electron chi connectivity index (χ4n) is 1.50. The van der Waals surface area contributed by atoms with Gasteiger partial charge in [-0.15, -0.1) is 0 Å². The van der Waals surface area contributed by atoms with Crippen molar-refractivity contribution in [3.63, 3.8) is 0 Å². The number of hydrogen-bond acceptors (Lipinski definition) is 1. The van der Waals surface area contributed by atoms with Crippen molar-refractivity contribution >= 4 is 0 Å². The van der Waals surface area contributed by atoms with Crippen molar-refractivity contribution in [2.45, 2.75) is 41.0 Å². The van der Waals surface area contributed by atoms with Gasteiger partial charge in [0, 0.05) is 17.8 Å². The fourth-order valence-corrected chi connectivity index (χ4v) is 1.50. The SMILES string of the molecule is C=C1CC(C)=C(/C(C)=C\C=C/C)N1.CC. The number of nitrogens with one attached hydrogen (secondary N) is 1. The summed E-state index contributed by atoms with van der Waals surface area (Å²) in [6.45, 7) is 14.2. The molecule has 0 saturated heterocycles. The van der Waals surface area contributed by atoms with Crippen molar-refractivity contribution < 1.29 is 0 Å². The Morgan fingerprint density at radius 3 is 2.40 bits per heavy atom. The van der Waals surface area contributed by atoms with Gasteiger partial charge in [0.15, 0.2) is 0 Å². The minimum atomic E-state index is 0.982. The molecule has 84 valence electrons. The highest BCUT2D eigenvalue weighted by atomic mass is 14.9. The van der Waals surface area contributed by atoms with E-state index in [1.807, 2.05) is 26.8 Å². The first-order valence-electron chi connectivity index (χ1n) is 5.59. The Labute approximate surface area is 94.3 Å². The summed E-state index contributed by atoms with van der Waals surface area (Å²) >= 11 is 0. The van der Waals surface area contributed by atoms with Crippen LogP contribution >= 0.6 is 0 Å². The van der Waals surface area contributed by atoms with Crippen molar-refractivity contribution in [3.05, 3.63) is 47.3 Å². The van der Waals surface area contributed by atoms with Gasteiger partial charge in [-0.1, -0.05) is 38.7 Å². The number of rotatable bonds is 2. The van der Waals surface area contributed by atoms with Crippen LogP contribution in [0.4, 0.5) is 0 Å². The molecule has 1 aliphatic rings. The molecule has 1 heterocycles. The van der Waals surface area contributed by atoms with Crippen molar-refractivity contribution in [1.29, 1.82) is 0 Å². The van der Waals surface area contributed by atoms with E-state index in [1.54, 1.807) is 0 Å². The van der Waals surface area contributed by atoms with E-state index in [4.69, 9.17) is 0 Å². The second-order valence-corrected chi connectivity index (χ2v) is 3.44. The molecule has 0 aromatic carbocycles. The molecule has 1 heteroatoms. The van der Waals surface area contributed by atoms with Crippen LogP contribution in [0, 0.1) is 0 Å². The number of allylic oxidation sites excluding steroid dienone is 5. The Bertz CT molecular complexity index is 303. The summed E-state index contributed by atoms with van der Waals surface area (Å²) in [5, 5.41) is 3.30. The highest BCUT2D eigenvalue weighted by Crippen LogP contribution is 2.24. The van der Waals surface area contributed by atoms with E-state index >= 15 is 0 Å². The molecule has 15 heavy (non-hydrogen) atoms. The lowest BCUT2D eigenvalue weighted by Crippen LogP contribution is -2.05. The molecule has 0 amide bonds. The van der Waals surface area contributed by atoms with Gasteiger partial charge in [-0.25, -0.2) is 0 Å². The summed E-state index contributed by atoms with van der Waals surface area (Å²) in [6, 6.07) is 0. The largest absolute Gasteiger partial charge is 0.359 e. The van der Waals surface area contributed by atoms with Crippen molar-refractivity contribution in [2.75, 3.05) is 0 Å². The zero-order valence-corrected chi connectivity index (χ0v) is 10.6. The molecular formula is C14H23N. The lowest BCUT2D eigenvalue weighted by molar-refractivity contribution is 1.02. The standard InChI is InChI=1S/C12H17N.C2H6/c1-5-6-7-9(2)12-10(3)8-11(4)13-12;1-2/h5-7,13H,4,8H2,1-3H3;1-2H3/b6-5-,9-7-;. The molecule has 1 aliphatic heterocycles. The predicted octanol–water partition coefficient (Wildman–Crippen LogP) is 4.32. The highest BCUT2D eigenvalue weighted by molar-refractivity contribution is 5.41. The second-order valence-electron chi connectivity index (χ2n) is 3.44. The molecule has 0 fully saturated rings. The topological polar surface area (TPSA) is 12.0 Å². The Hall–Kier alpha value is -1.24. The summed E-state index contributed by atoms with van der Waals surface area (Å²) in [6.07, 6.45) is 7.18. The smallest absolute Gasteiger partial charge is 0.0404 e. The van der Waals surface area contributed by atoms with Gasteiger partial charge >= 0.3 is 0 Å². The van der Waals surface area contributed by atoms with E-state index in [-0.39, 0.29) is 0 Å². The quantitative estimate of drug-likeness (QED) is 0.662. The maximum atomic E-state index is 3.92. The molecule has 0 unspecified atom stereocenters. The van der Waals surface area contributed by atoms with Crippen molar-refractivity contribution in [2.24, 2.45) is 0 Å². The van der Waals surface area contributed by atoms with Crippen LogP contribution in [0.5, 0.6) is 0 Å². The average molecular weight is 205 g/mol. The first-order chi connectivity index (χ1) is 7.15. The van der Waals surface area contributed by atoms with E-state index in [2.05, 4.69) is 37.9 Å². The molecule has 0 aromatic rings. The van der Waals surface area contributed by atoms with Crippen molar-refractivity contribution in [1.82, 2.24) is 5.32 Å². The maximum Gasteiger partial charge on any atom is 0.0404 e. The summed E-state index contributed by atoms with van der Waals surface area (Å²) in [7, 11) is 0. The zero-order chi connectivity index (χ0) is 11.8. The third kappa shape index (κ3) is 4.20. The van der Waals surface area contributed by atoms with Gasteiger partial charge in [0.05, 0.1) is 0 Å². The normalized spacial score (nSPS) is 16.6. The van der Waals surface area contributed by atoms with Crippen molar-refractivity contribution in [3.8, 4) is 0 Å². The van der Waals surface area contributed by atoms with Gasteiger partial charge in [-0.3, -0.25) is 0 Å². The van der Waals surface area contributed by atoms with E-state index in [1.165, 1.54) is 16.8 Å². The molecular weight excluding hydrogens is 182 g/mol. The second kappa shape index (κ2) is 7.10. The Kier molecular flexibility index (Phi) is 6.52. The average Bonchev–Trinajstić information content (AvgIpc) is 2.57. The molecule has 0 saturated carbocycles. The molecule has 1 rings (SSSR count). The first kappa shape index (κ1) is 13.8. The molecule has 0 aromatic heterocycles. The third-order valence-corrected chi connectivity index (χ3v) is 2.14. The van der Waals surface area contributed by atoms with Gasteiger partial charge in [0.1, 0.15) is 0 Å². The van der Waals surface area contributed by atoms with Crippen LogP contribution in [0.15, 0.2) is 47.3 Å². The lowest BCUT2D eigenvalue weighted by Gasteiger charge is -2.04. The van der Waals surface area contributed by atoms with Gasteiger partial charge in [-0.05, 0) is 31.9 Å². The van der Waals surface area contributed by atoms with E-state index in [0.717, 1.165) is 12.1 Å². The van der Waals surface area contributed by atoms with E-state index in [9.17, 15) is 0 Å². The highest BCUT2D eigenvalue weighted by Gasteiger charge is 2.13. The molecule has 0 bridgehead atoms. The Morgan fingerprint density at radius 2 is 2.00 bits per heavy atom. The van der Waals surface area contributed by atoms with E-state index in [0.29, 0.717) is 0 Å². The summed E-state index contributed by atoms with van der Waals surface area (Å²) in [4.78, 5) is 0. The molecule has 1 N–H and O–H groups in total. The zero-order valence-electron chi connectivity index (χ0n) is 10.6. The van der Waals surface area contributed by atoms with Crippen LogP contribution in [-0.4, -0.2) is 0 Å². The van der Waals surface area contributed by atoms with Gasteiger partial charge in [-0.2, -0.15) is 0 Å². The molecule has 0 radical (unpaired) electrons. The molecule has 0 aliphatic carbocycles. The predicted molar refractivity (Wildman–Crippen MR) is 69.5 cm³/mol. The van der Waals surface area contributed by atoms with Gasteiger partial charge in [0.25, 0.3) is 0 Å². The van der Waals surface area contributed by atoms with Gasteiger partial charge < -0.3 is 5.32 Å². The molecule has 1 nitrogen and oxygen atoms in total. The first-order valence-corrected chi connectivity index (χ1v) is 5.59. The number of hydrogen-bond donors (Lipinski definition) is 1. The summed E-state index contributed by atoms with van der Waals surface area (Å²) in [5.41, 5.74) is 4.99. The third-order valence-electron chi connectivity index (χ3n) is 2.14. The Balaban J connectivity index is 0.000000921. The maximum absolute atomic E-state index is 3.92. The minimum absolute atomic E-state index is 0.982. The van der Waals surface area contributed by atoms with Crippen LogP contribution < -0.4 is 5.32 Å². The van der Waals surface area contributed by atoms with Crippen LogP contribution in [0.1, 0.15) is 41.0 Å². The van der Waals surface area contributed by atoms with Gasteiger partial charge in [0.2, 0.25) is 0 Å². The van der Waals surface area contributed by atoms with Crippen LogP contribution in [-0.2, 0) is 0 Å². The summed E-state index contributed by atoms with van der Waals surface area (Å²) < 4.78 is 0.